The first-order chi connectivity index (χ1) is 10.2. The smallest absolute Gasteiger partial charge is 0.234 e. The Morgan fingerprint density at radius 2 is 1.90 bits per heavy atom. The molecule has 2 fully saturated rings. The maximum Gasteiger partial charge on any atom is 0.234 e. The summed E-state index contributed by atoms with van der Waals surface area (Å²) in [5, 5.41) is 12.7. The highest BCUT2D eigenvalue weighted by Crippen LogP contribution is 2.37. The first-order valence-corrected chi connectivity index (χ1v) is 7.97. The van der Waals surface area contributed by atoms with Crippen LogP contribution < -0.4 is 5.32 Å². The number of carbonyl (C=O) groups is 1. The summed E-state index contributed by atoms with van der Waals surface area (Å²) in [5.41, 5.74) is 1.14. The standard InChI is InChI=1S/C17H24N2O2/c20-15-10-14(11-15)17(13-6-2-1-3-7-13)18-16(21)12-19-8-4-5-9-19/h1-3,6-7,14-15,17,20H,4-5,8-12H2,(H,18,21)/t14?,15?,17-/m0/s1. The van der Waals surface area contributed by atoms with Crippen molar-refractivity contribution < 1.29 is 9.90 Å². The second-order valence-corrected chi connectivity index (χ2v) is 6.32. The molecule has 1 aromatic carbocycles. The molecule has 21 heavy (non-hydrogen) atoms. The van der Waals surface area contributed by atoms with Crippen LogP contribution in [0.5, 0.6) is 0 Å². The van der Waals surface area contributed by atoms with E-state index in [2.05, 4.69) is 22.3 Å². The van der Waals surface area contributed by atoms with E-state index in [0.717, 1.165) is 31.5 Å². The Bertz CT molecular complexity index is 465. The molecule has 4 nitrogen and oxygen atoms in total. The van der Waals surface area contributed by atoms with Crippen LogP contribution in [-0.4, -0.2) is 41.7 Å². The molecule has 1 atom stereocenters. The minimum Gasteiger partial charge on any atom is -0.393 e. The van der Waals surface area contributed by atoms with Crippen molar-refractivity contribution in [2.75, 3.05) is 19.6 Å². The molecule has 114 valence electrons. The van der Waals surface area contributed by atoms with E-state index in [1.807, 2.05) is 18.2 Å². The van der Waals surface area contributed by atoms with Gasteiger partial charge in [0.05, 0.1) is 18.7 Å². The van der Waals surface area contributed by atoms with Crippen LogP contribution in [0.2, 0.25) is 0 Å². The lowest BCUT2D eigenvalue weighted by molar-refractivity contribution is -0.124. The van der Waals surface area contributed by atoms with Gasteiger partial charge in [-0.1, -0.05) is 30.3 Å². The SMILES string of the molecule is O=C(CN1CCCC1)N[C@@H](c1ccccc1)C1CC(O)C1. The molecule has 1 heterocycles. The molecule has 1 aliphatic carbocycles. The number of hydrogen-bond donors (Lipinski definition) is 2. The number of hydrogen-bond acceptors (Lipinski definition) is 3. The summed E-state index contributed by atoms with van der Waals surface area (Å²) in [7, 11) is 0. The van der Waals surface area contributed by atoms with E-state index in [9.17, 15) is 9.90 Å². The van der Waals surface area contributed by atoms with Crippen LogP contribution in [0.3, 0.4) is 0 Å². The molecule has 0 radical (unpaired) electrons. The fourth-order valence-corrected chi connectivity index (χ4v) is 3.40. The van der Waals surface area contributed by atoms with Crippen LogP contribution in [0.25, 0.3) is 0 Å². The Balaban J connectivity index is 1.63. The monoisotopic (exact) mass is 288 g/mol. The molecule has 0 bridgehead atoms. The van der Waals surface area contributed by atoms with Crippen LogP contribution in [0.4, 0.5) is 0 Å². The maximum absolute atomic E-state index is 12.3. The molecular weight excluding hydrogens is 264 g/mol. The van der Waals surface area contributed by atoms with E-state index in [4.69, 9.17) is 0 Å². The molecule has 0 aromatic heterocycles. The van der Waals surface area contributed by atoms with Gasteiger partial charge in [-0.25, -0.2) is 0 Å². The van der Waals surface area contributed by atoms with Crippen molar-refractivity contribution in [1.82, 2.24) is 10.2 Å². The molecule has 1 amide bonds. The van der Waals surface area contributed by atoms with Gasteiger partial charge in [-0.15, -0.1) is 0 Å². The van der Waals surface area contributed by atoms with Gasteiger partial charge in [0.25, 0.3) is 0 Å². The summed E-state index contributed by atoms with van der Waals surface area (Å²) in [6.07, 6.45) is 3.76. The van der Waals surface area contributed by atoms with Crippen molar-refractivity contribution in [2.24, 2.45) is 5.92 Å². The van der Waals surface area contributed by atoms with Crippen molar-refractivity contribution in [3.8, 4) is 0 Å². The van der Waals surface area contributed by atoms with Gasteiger partial charge in [-0.2, -0.15) is 0 Å². The molecule has 1 aliphatic heterocycles. The second kappa shape index (κ2) is 6.58. The zero-order valence-electron chi connectivity index (χ0n) is 12.4. The van der Waals surface area contributed by atoms with E-state index in [1.54, 1.807) is 0 Å². The number of nitrogens with one attached hydrogen (secondary N) is 1. The molecule has 1 saturated carbocycles. The Labute approximate surface area is 126 Å². The van der Waals surface area contributed by atoms with E-state index < -0.39 is 0 Å². The van der Waals surface area contributed by atoms with Crippen molar-refractivity contribution in [3.05, 3.63) is 35.9 Å². The van der Waals surface area contributed by atoms with Crippen molar-refractivity contribution in [1.29, 1.82) is 0 Å². The summed E-state index contributed by atoms with van der Waals surface area (Å²) in [6, 6.07) is 10.2. The third-order valence-electron chi connectivity index (χ3n) is 4.66. The van der Waals surface area contributed by atoms with Crippen LogP contribution in [0.15, 0.2) is 30.3 Å². The number of nitrogens with zero attached hydrogens (tertiary/aromatic N) is 1. The Morgan fingerprint density at radius 3 is 2.52 bits per heavy atom. The summed E-state index contributed by atoms with van der Waals surface area (Å²) in [4.78, 5) is 14.5. The molecule has 1 saturated heterocycles. The maximum atomic E-state index is 12.3. The molecule has 2 N–H and O–H groups in total. The van der Waals surface area contributed by atoms with E-state index in [1.165, 1.54) is 12.8 Å². The van der Waals surface area contributed by atoms with E-state index in [-0.39, 0.29) is 18.1 Å². The lowest BCUT2D eigenvalue weighted by Crippen LogP contribution is -2.44. The predicted octanol–water partition coefficient (Wildman–Crippen LogP) is 1.71. The summed E-state index contributed by atoms with van der Waals surface area (Å²) >= 11 is 0. The average molecular weight is 288 g/mol. The highest BCUT2D eigenvalue weighted by atomic mass is 16.3. The van der Waals surface area contributed by atoms with Gasteiger partial charge < -0.3 is 10.4 Å². The fraction of sp³-hybridized carbons (Fsp3) is 0.588. The lowest BCUT2D eigenvalue weighted by Gasteiger charge is -2.38. The van der Waals surface area contributed by atoms with Crippen LogP contribution >= 0.6 is 0 Å². The number of amides is 1. The first kappa shape index (κ1) is 14.5. The zero-order chi connectivity index (χ0) is 14.7. The molecule has 0 spiro atoms. The molecule has 2 aliphatic rings. The summed E-state index contributed by atoms with van der Waals surface area (Å²) in [6.45, 7) is 2.57. The van der Waals surface area contributed by atoms with Gasteiger partial charge in [0.15, 0.2) is 0 Å². The number of rotatable bonds is 5. The third-order valence-corrected chi connectivity index (χ3v) is 4.66. The molecule has 1 aromatic rings. The minimum atomic E-state index is -0.198. The highest BCUT2D eigenvalue weighted by Gasteiger charge is 2.35. The largest absolute Gasteiger partial charge is 0.393 e. The van der Waals surface area contributed by atoms with Crippen molar-refractivity contribution in [3.63, 3.8) is 0 Å². The quantitative estimate of drug-likeness (QED) is 0.867. The molecule has 3 rings (SSSR count). The number of aliphatic hydroxyl groups excluding tert-OH is 1. The summed E-state index contributed by atoms with van der Waals surface area (Å²) in [5.74, 6) is 0.456. The van der Waals surface area contributed by atoms with Gasteiger partial charge in [0.1, 0.15) is 0 Å². The predicted molar refractivity (Wildman–Crippen MR) is 81.7 cm³/mol. The molecule has 4 heteroatoms. The number of aliphatic hydroxyl groups is 1. The Morgan fingerprint density at radius 1 is 1.24 bits per heavy atom. The highest BCUT2D eigenvalue weighted by molar-refractivity contribution is 5.78. The molecule has 0 unspecified atom stereocenters. The van der Waals surface area contributed by atoms with Gasteiger partial charge >= 0.3 is 0 Å². The third kappa shape index (κ3) is 3.63. The van der Waals surface area contributed by atoms with Crippen molar-refractivity contribution >= 4 is 5.91 Å². The topological polar surface area (TPSA) is 52.6 Å². The van der Waals surface area contributed by atoms with Gasteiger partial charge in [-0.05, 0) is 50.3 Å². The van der Waals surface area contributed by atoms with E-state index >= 15 is 0 Å². The summed E-state index contributed by atoms with van der Waals surface area (Å²) < 4.78 is 0. The Kier molecular flexibility index (Phi) is 4.56. The average Bonchev–Trinajstić information content (AvgIpc) is 2.95. The van der Waals surface area contributed by atoms with Gasteiger partial charge in [0, 0.05) is 0 Å². The number of benzene rings is 1. The number of likely N-dealkylation sites (tertiary alicyclic amines) is 1. The van der Waals surface area contributed by atoms with Crippen LogP contribution in [0, 0.1) is 5.92 Å². The normalized spacial score (nSPS) is 27.1. The number of carbonyl (C=O) groups excluding carboxylic acids is 1. The Hall–Kier alpha value is -1.39. The van der Waals surface area contributed by atoms with Gasteiger partial charge in [-0.3, -0.25) is 9.69 Å². The van der Waals surface area contributed by atoms with Crippen molar-refractivity contribution in [2.45, 2.75) is 37.8 Å². The van der Waals surface area contributed by atoms with E-state index in [0.29, 0.717) is 12.5 Å². The second-order valence-electron chi connectivity index (χ2n) is 6.32. The minimum absolute atomic E-state index is 0.0321. The van der Waals surface area contributed by atoms with Gasteiger partial charge in [0.2, 0.25) is 5.91 Å². The van der Waals surface area contributed by atoms with Crippen LogP contribution in [0.1, 0.15) is 37.3 Å². The molecular formula is C17H24N2O2. The first-order valence-electron chi connectivity index (χ1n) is 7.97. The zero-order valence-corrected chi connectivity index (χ0v) is 12.4. The van der Waals surface area contributed by atoms with Crippen LogP contribution in [-0.2, 0) is 4.79 Å². The fourth-order valence-electron chi connectivity index (χ4n) is 3.40. The lowest BCUT2D eigenvalue weighted by atomic mass is 9.75.